The van der Waals surface area contributed by atoms with Gasteiger partial charge in [-0.15, -0.1) is 0 Å². The van der Waals surface area contributed by atoms with Crippen LogP contribution in [0.5, 0.6) is 0 Å². The fraction of sp³-hybridized carbons (Fsp3) is 0.485. The Bertz CT molecular complexity index is 1490. The summed E-state index contributed by atoms with van der Waals surface area (Å²) in [5.74, 6) is 0.416. The molecule has 1 aliphatic rings. The van der Waals surface area contributed by atoms with E-state index in [4.69, 9.17) is 9.26 Å². The first kappa shape index (κ1) is 33.4. The van der Waals surface area contributed by atoms with Gasteiger partial charge in [0.05, 0.1) is 13.1 Å². The Kier molecular flexibility index (Phi) is 10.5. The molecule has 0 saturated carbocycles. The van der Waals surface area contributed by atoms with E-state index >= 15 is 0 Å². The van der Waals surface area contributed by atoms with Gasteiger partial charge in [-0.3, -0.25) is 14.6 Å². The molecule has 0 spiro atoms. The summed E-state index contributed by atoms with van der Waals surface area (Å²) in [6, 6.07) is 13.7. The van der Waals surface area contributed by atoms with E-state index in [-0.39, 0.29) is 44.0 Å². The normalized spacial score (nSPS) is 13.0. The average Bonchev–Trinajstić information content (AvgIpc) is 3.60. The number of benzene rings is 2. The molecule has 2 aromatic carbocycles. The first-order valence-electron chi connectivity index (χ1n) is 15.2. The van der Waals surface area contributed by atoms with Crippen molar-refractivity contribution >= 4 is 23.6 Å². The van der Waals surface area contributed by atoms with Crippen molar-refractivity contribution < 1.29 is 23.6 Å². The van der Waals surface area contributed by atoms with Crippen molar-refractivity contribution in [3.8, 4) is 11.4 Å². The van der Waals surface area contributed by atoms with Crippen LogP contribution in [0.2, 0.25) is 0 Å². The first-order valence-corrected chi connectivity index (χ1v) is 15.2. The van der Waals surface area contributed by atoms with E-state index in [1.807, 2.05) is 76.9 Å². The maximum absolute atomic E-state index is 13.7. The number of hydrogen-bond acceptors (Lipinski definition) is 9. The van der Waals surface area contributed by atoms with Gasteiger partial charge in [-0.25, -0.2) is 9.80 Å². The van der Waals surface area contributed by atoms with Crippen molar-refractivity contribution in [2.24, 2.45) is 0 Å². The van der Waals surface area contributed by atoms with Crippen molar-refractivity contribution in [2.75, 3.05) is 38.1 Å². The van der Waals surface area contributed by atoms with Crippen LogP contribution >= 0.6 is 0 Å². The molecule has 0 fully saturated rings. The number of nitrogens with zero attached hydrogens (tertiary/aromatic N) is 6. The maximum atomic E-state index is 13.7. The molecule has 1 aromatic heterocycles. The van der Waals surface area contributed by atoms with E-state index in [2.05, 4.69) is 27.6 Å². The third-order valence-corrected chi connectivity index (χ3v) is 7.53. The molecule has 12 nitrogen and oxygen atoms in total. The van der Waals surface area contributed by atoms with Gasteiger partial charge in [-0.1, -0.05) is 41.6 Å². The summed E-state index contributed by atoms with van der Waals surface area (Å²) in [6.45, 7) is 14.6. The van der Waals surface area contributed by atoms with Crippen LogP contribution in [-0.2, 0) is 27.4 Å². The largest absolute Gasteiger partial charge is 0.444 e. The second-order valence-corrected chi connectivity index (χ2v) is 12.6. The molecule has 1 N–H and O–H groups in total. The lowest BCUT2D eigenvalue weighted by molar-refractivity contribution is -0.145. The minimum absolute atomic E-state index is 0.0393. The number of amides is 3. The van der Waals surface area contributed by atoms with Gasteiger partial charge in [0.15, 0.2) is 0 Å². The molecule has 0 atom stereocenters. The van der Waals surface area contributed by atoms with E-state index in [1.54, 1.807) is 28.8 Å². The zero-order chi connectivity index (χ0) is 32.9. The Hall–Kier alpha value is -4.45. The number of carbonyl (C=O) groups is 3. The molecular formula is C33H45N7O5. The topological polar surface area (TPSA) is 124 Å². The fourth-order valence-electron chi connectivity index (χ4n) is 5.11. The predicted octanol–water partition coefficient (Wildman–Crippen LogP) is 4.31. The van der Waals surface area contributed by atoms with Crippen molar-refractivity contribution in [3.05, 3.63) is 65.0 Å². The minimum atomic E-state index is -0.627. The van der Waals surface area contributed by atoms with E-state index < -0.39 is 11.7 Å². The molecule has 0 unspecified atom stereocenters. The number of ether oxygens (including phenoxy) is 1. The predicted molar refractivity (Wildman–Crippen MR) is 171 cm³/mol. The minimum Gasteiger partial charge on any atom is -0.444 e. The number of rotatable bonds is 11. The van der Waals surface area contributed by atoms with Crippen molar-refractivity contribution in [3.63, 3.8) is 0 Å². The van der Waals surface area contributed by atoms with Crippen molar-refractivity contribution in [1.82, 2.24) is 30.4 Å². The van der Waals surface area contributed by atoms with E-state index in [1.165, 1.54) is 11.1 Å². The molecule has 0 saturated heterocycles. The van der Waals surface area contributed by atoms with Crippen molar-refractivity contribution in [2.45, 2.75) is 73.2 Å². The number of fused-ring (bicyclic) bond motifs is 1. The van der Waals surface area contributed by atoms with Gasteiger partial charge >= 0.3 is 6.09 Å². The Morgan fingerprint density at radius 2 is 1.71 bits per heavy atom. The van der Waals surface area contributed by atoms with Gasteiger partial charge in [0, 0.05) is 57.4 Å². The monoisotopic (exact) mass is 619 g/mol. The van der Waals surface area contributed by atoms with E-state index in [0.29, 0.717) is 36.1 Å². The molecule has 0 radical (unpaired) electrons. The number of carbonyl (C=O) groups excluding carboxylic acids is 3. The van der Waals surface area contributed by atoms with Crippen LogP contribution in [0.25, 0.3) is 11.4 Å². The van der Waals surface area contributed by atoms with Crippen LogP contribution in [0.15, 0.2) is 47.0 Å². The third-order valence-electron chi connectivity index (χ3n) is 7.53. The number of aromatic nitrogens is 2. The standard InChI is InChI=1S/C33H45N7O5/c1-22(2)40(32(43)44-33(5,6)7)16-15-34-29(41)20-38(28-17-25(14-13-23(28)3)31-35-24(4)45-36-31)21-30(42)37(8)39-18-26-11-9-10-12-27(26)19-39/h9-14,17,22H,15-16,18-21H2,1-8H3,(H,34,41). The number of aryl methyl sites for hydroxylation is 2. The Labute approximate surface area is 265 Å². The van der Waals surface area contributed by atoms with Crippen molar-refractivity contribution in [1.29, 1.82) is 0 Å². The summed E-state index contributed by atoms with van der Waals surface area (Å²) in [4.78, 5) is 47.4. The fourth-order valence-corrected chi connectivity index (χ4v) is 5.11. The lowest BCUT2D eigenvalue weighted by Gasteiger charge is -2.32. The van der Waals surface area contributed by atoms with Gasteiger partial charge in [0.25, 0.3) is 5.91 Å². The van der Waals surface area contributed by atoms with Crippen LogP contribution in [0, 0.1) is 13.8 Å². The maximum Gasteiger partial charge on any atom is 0.410 e. The number of hydrogen-bond donors (Lipinski definition) is 1. The molecule has 0 bridgehead atoms. The molecule has 2 heterocycles. The molecule has 45 heavy (non-hydrogen) atoms. The summed E-state index contributed by atoms with van der Waals surface area (Å²) in [7, 11) is 1.76. The summed E-state index contributed by atoms with van der Waals surface area (Å²) < 4.78 is 10.7. The lowest BCUT2D eigenvalue weighted by atomic mass is 10.1. The quantitative estimate of drug-likeness (QED) is 0.334. The summed E-state index contributed by atoms with van der Waals surface area (Å²) in [6.07, 6.45) is -0.435. The average molecular weight is 620 g/mol. The highest BCUT2D eigenvalue weighted by molar-refractivity contribution is 5.87. The van der Waals surface area contributed by atoms with E-state index in [0.717, 1.165) is 5.56 Å². The molecular weight excluding hydrogens is 574 g/mol. The third kappa shape index (κ3) is 8.81. The van der Waals surface area contributed by atoms with Gasteiger partial charge in [0.2, 0.25) is 17.6 Å². The Morgan fingerprint density at radius 3 is 2.29 bits per heavy atom. The van der Waals surface area contributed by atoms with Crippen LogP contribution in [0.4, 0.5) is 10.5 Å². The highest BCUT2D eigenvalue weighted by Gasteiger charge is 2.28. The second kappa shape index (κ2) is 14.1. The summed E-state index contributed by atoms with van der Waals surface area (Å²) in [5, 5.41) is 10.6. The lowest BCUT2D eigenvalue weighted by Crippen LogP contribution is -2.49. The number of nitrogens with one attached hydrogen (secondary N) is 1. The van der Waals surface area contributed by atoms with E-state index in [9.17, 15) is 14.4 Å². The molecule has 3 aromatic rings. The highest BCUT2D eigenvalue weighted by Crippen LogP contribution is 2.28. The number of hydrazine groups is 1. The highest BCUT2D eigenvalue weighted by atomic mass is 16.6. The number of anilines is 1. The van der Waals surface area contributed by atoms with Gasteiger partial charge in [-0.05, 0) is 64.3 Å². The molecule has 0 aliphatic carbocycles. The van der Waals surface area contributed by atoms with Gasteiger partial charge < -0.3 is 24.4 Å². The molecule has 1 aliphatic heterocycles. The molecule has 4 rings (SSSR count). The SMILES string of the molecule is Cc1nc(-c2ccc(C)c(N(CC(=O)NCCN(C(=O)OC(C)(C)C)C(C)C)CC(=O)N(C)N3Cc4ccccc4C3)c2)no1. The molecule has 12 heteroatoms. The summed E-state index contributed by atoms with van der Waals surface area (Å²) >= 11 is 0. The first-order chi connectivity index (χ1) is 21.2. The Balaban J connectivity index is 1.49. The van der Waals surface area contributed by atoms with Crippen LogP contribution in [0.1, 0.15) is 57.2 Å². The van der Waals surface area contributed by atoms with Crippen LogP contribution < -0.4 is 10.2 Å². The van der Waals surface area contributed by atoms with Crippen LogP contribution in [0.3, 0.4) is 0 Å². The zero-order valence-electron chi connectivity index (χ0n) is 27.6. The smallest absolute Gasteiger partial charge is 0.410 e. The number of likely N-dealkylation sites (N-methyl/N-ethyl adjacent to an activating group) is 1. The second-order valence-electron chi connectivity index (χ2n) is 12.6. The zero-order valence-corrected chi connectivity index (χ0v) is 27.6. The van der Waals surface area contributed by atoms with Crippen LogP contribution in [-0.4, -0.2) is 87.8 Å². The van der Waals surface area contributed by atoms with Gasteiger partial charge in [-0.2, -0.15) is 4.98 Å². The molecule has 3 amide bonds. The summed E-state index contributed by atoms with van der Waals surface area (Å²) in [5.41, 5.74) is 4.04. The van der Waals surface area contributed by atoms with Gasteiger partial charge in [0.1, 0.15) is 5.60 Å². The molecule has 242 valence electrons. The Morgan fingerprint density at radius 1 is 1.04 bits per heavy atom.